The highest BCUT2D eigenvalue weighted by Gasteiger charge is 2.26. The van der Waals surface area contributed by atoms with E-state index in [1.807, 2.05) is 44.2 Å². The Hall–Kier alpha value is -3.96. The predicted octanol–water partition coefficient (Wildman–Crippen LogP) is 4.35. The van der Waals surface area contributed by atoms with Crippen LogP contribution in [-0.4, -0.2) is 57.0 Å². The van der Waals surface area contributed by atoms with Crippen LogP contribution in [0, 0.1) is 5.82 Å². The van der Waals surface area contributed by atoms with Gasteiger partial charge in [0.25, 0.3) is 15.9 Å². The van der Waals surface area contributed by atoms with E-state index in [2.05, 4.69) is 10.0 Å². The molecule has 0 spiro atoms. The molecular weight excluding hydrogens is 549 g/mol. The van der Waals surface area contributed by atoms with E-state index in [1.54, 1.807) is 6.92 Å². The molecule has 0 bridgehead atoms. The van der Waals surface area contributed by atoms with E-state index in [0.717, 1.165) is 17.7 Å². The monoisotopic (exact) mass is 585 g/mol. The highest BCUT2D eigenvalue weighted by Crippen LogP contribution is 2.20. The fourth-order valence-electron chi connectivity index (χ4n) is 3.79. The lowest BCUT2D eigenvalue weighted by Crippen LogP contribution is -2.49. The largest absolute Gasteiger partial charge is 0.484 e. The van der Waals surface area contributed by atoms with Gasteiger partial charge in [0.1, 0.15) is 17.6 Å². The molecule has 11 heteroatoms. The Morgan fingerprint density at radius 2 is 1.59 bits per heavy atom. The number of hydrogen-bond donors (Lipinski definition) is 2. The van der Waals surface area contributed by atoms with Gasteiger partial charge in [0.2, 0.25) is 5.91 Å². The molecular formula is C30H36FN3O6S. The summed E-state index contributed by atoms with van der Waals surface area (Å²) in [5.41, 5.74) is 1.08. The molecule has 3 aromatic rings. The summed E-state index contributed by atoms with van der Waals surface area (Å²) < 4.78 is 52.0. The molecule has 0 aliphatic heterocycles. The van der Waals surface area contributed by atoms with Crippen LogP contribution in [0.5, 0.6) is 5.75 Å². The first-order valence-corrected chi connectivity index (χ1v) is 14.8. The van der Waals surface area contributed by atoms with Crippen LogP contribution in [0.4, 0.5) is 10.1 Å². The maximum Gasteiger partial charge on any atom is 0.261 e. The Bertz CT molecular complexity index is 1370. The molecule has 2 N–H and O–H groups in total. The van der Waals surface area contributed by atoms with Gasteiger partial charge >= 0.3 is 0 Å². The first-order valence-electron chi connectivity index (χ1n) is 13.3. The van der Waals surface area contributed by atoms with Crippen LogP contribution in [0.15, 0.2) is 83.8 Å². The highest BCUT2D eigenvalue weighted by molar-refractivity contribution is 7.92. The third kappa shape index (κ3) is 10.2. The van der Waals surface area contributed by atoms with Gasteiger partial charge in [0.05, 0.1) is 11.0 Å². The maximum absolute atomic E-state index is 13.2. The molecule has 2 amide bonds. The lowest BCUT2D eigenvalue weighted by Gasteiger charge is -2.28. The number of carbonyl (C=O) groups excluding carboxylic acids is 2. The van der Waals surface area contributed by atoms with Crippen LogP contribution in [0.2, 0.25) is 0 Å². The van der Waals surface area contributed by atoms with Crippen LogP contribution in [0.1, 0.15) is 32.8 Å². The van der Waals surface area contributed by atoms with E-state index >= 15 is 0 Å². The molecule has 0 fully saturated rings. The maximum atomic E-state index is 13.2. The van der Waals surface area contributed by atoms with Crippen molar-refractivity contribution in [3.63, 3.8) is 0 Å². The number of benzene rings is 3. The minimum absolute atomic E-state index is 0.0321. The van der Waals surface area contributed by atoms with Crippen LogP contribution in [-0.2, 0) is 30.9 Å². The average molecular weight is 586 g/mol. The number of rotatable bonds is 15. The van der Waals surface area contributed by atoms with Crippen molar-refractivity contribution in [3.05, 3.63) is 90.2 Å². The van der Waals surface area contributed by atoms with Gasteiger partial charge in [-0.2, -0.15) is 0 Å². The minimum Gasteiger partial charge on any atom is -0.484 e. The van der Waals surface area contributed by atoms with Crippen molar-refractivity contribution in [2.45, 2.75) is 50.8 Å². The topological polar surface area (TPSA) is 114 Å². The lowest BCUT2D eigenvalue weighted by molar-refractivity contribution is -0.142. The second-order valence-corrected chi connectivity index (χ2v) is 11.3. The van der Waals surface area contributed by atoms with Crippen molar-refractivity contribution in [1.82, 2.24) is 10.2 Å². The summed E-state index contributed by atoms with van der Waals surface area (Å²) in [5, 5.41) is 2.86. The van der Waals surface area contributed by atoms with Gasteiger partial charge in [-0.15, -0.1) is 0 Å². The minimum atomic E-state index is -3.91. The summed E-state index contributed by atoms with van der Waals surface area (Å²) in [6.45, 7) is 6.35. The standard InChI is InChI=1S/C30H36FN3O6S/c1-22(2)39-19-7-18-32-30(36)23(3)34(20-24-8-5-4-6-9-24)29(35)21-40-27-14-16-28(17-15-27)41(37,38)33-26-12-10-25(31)11-13-26/h4-6,8-17,22-23,33H,7,18-21H2,1-3H3,(H,32,36)/t23-/m1/s1. The fraction of sp³-hybridized carbons (Fsp3) is 0.333. The number of nitrogens with one attached hydrogen (secondary N) is 2. The van der Waals surface area contributed by atoms with Crippen LogP contribution >= 0.6 is 0 Å². The third-order valence-electron chi connectivity index (χ3n) is 6.03. The molecule has 1 atom stereocenters. The van der Waals surface area contributed by atoms with Crippen molar-refractivity contribution in [2.75, 3.05) is 24.5 Å². The molecule has 0 aromatic heterocycles. The Kier molecular flexibility index (Phi) is 11.7. The quantitative estimate of drug-likeness (QED) is 0.256. The van der Waals surface area contributed by atoms with E-state index < -0.39 is 27.8 Å². The number of amides is 2. The summed E-state index contributed by atoms with van der Waals surface area (Å²) in [5.74, 6) is -0.897. The molecule has 0 heterocycles. The highest BCUT2D eigenvalue weighted by atomic mass is 32.2. The van der Waals surface area contributed by atoms with Gasteiger partial charge in [0.15, 0.2) is 6.61 Å². The van der Waals surface area contributed by atoms with E-state index in [4.69, 9.17) is 9.47 Å². The molecule has 0 unspecified atom stereocenters. The molecule has 0 aliphatic rings. The van der Waals surface area contributed by atoms with Gasteiger partial charge in [-0.25, -0.2) is 12.8 Å². The van der Waals surface area contributed by atoms with E-state index in [1.165, 1.54) is 41.3 Å². The van der Waals surface area contributed by atoms with E-state index in [0.29, 0.717) is 19.6 Å². The number of hydrogen-bond acceptors (Lipinski definition) is 6. The zero-order valence-electron chi connectivity index (χ0n) is 23.4. The average Bonchev–Trinajstić information content (AvgIpc) is 2.95. The molecule has 0 radical (unpaired) electrons. The first-order chi connectivity index (χ1) is 19.5. The third-order valence-corrected chi connectivity index (χ3v) is 7.42. The summed E-state index contributed by atoms with van der Waals surface area (Å²) >= 11 is 0. The summed E-state index contributed by atoms with van der Waals surface area (Å²) in [4.78, 5) is 27.5. The van der Waals surface area contributed by atoms with Gasteiger partial charge in [-0.05, 0) is 81.3 Å². The smallest absolute Gasteiger partial charge is 0.261 e. The number of nitrogens with zero attached hydrogens (tertiary/aromatic N) is 1. The number of ether oxygens (including phenoxy) is 2. The SMILES string of the molecule is CC(C)OCCCNC(=O)[C@@H](C)N(Cc1ccccc1)C(=O)COc1ccc(S(=O)(=O)Nc2ccc(F)cc2)cc1. The van der Waals surface area contributed by atoms with Crippen LogP contribution < -0.4 is 14.8 Å². The molecule has 0 saturated heterocycles. The molecule has 220 valence electrons. The summed E-state index contributed by atoms with van der Waals surface area (Å²) in [6, 6.07) is 19.0. The van der Waals surface area contributed by atoms with E-state index in [9.17, 15) is 22.4 Å². The summed E-state index contributed by atoms with van der Waals surface area (Å²) in [6.07, 6.45) is 0.764. The Morgan fingerprint density at radius 1 is 0.927 bits per heavy atom. The molecule has 41 heavy (non-hydrogen) atoms. The van der Waals surface area contributed by atoms with Gasteiger partial charge in [-0.1, -0.05) is 30.3 Å². The van der Waals surface area contributed by atoms with Crippen molar-refractivity contribution < 1.29 is 31.9 Å². The Morgan fingerprint density at radius 3 is 2.22 bits per heavy atom. The van der Waals surface area contributed by atoms with E-state index in [-0.39, 0.29) is 41.5 Å². The number of sulfonamides is 1. The first kappa shape index (κ1) is 31.6. The van der Waals surface area contributed by atoms with Crippen LogP contribution in [0.25, 0.3) is 0 Å². The number of anilines is 1. The molecule has 0 aliphatic carbocycles. The fourth-order valence-corrected chi connectivity index (χ4v) is 4.85. The number of halogens is 1. The number of carbonyl (C=O) groups is 2. The van der Waals surface area contributed by atoms with Crippen molar-refractivity contribution in [2.24, 2.45) is 0 Å². The van der Waals surface area contributed by atoms with Gasteiger partial charge in [0, 0.05) is 25.4 Å². The Balaban J connectivity index is 1.62. The van der Waals surface area contributed by atoms with Crippen molar-refractivity contribution in [3.8, 4) is 5.75 Å². The van der Waals surface area contributed by atoms with Gasteiger partial charge < -0.3 is 19.7 Å². The lowest BCUT2D eigenvalue weighted by atomic mass is 10.1. The molecule has 0 saturated carbocycles. The Labute approximate surface area is 240 Å². The second-order valence-electron chi connectivity index (χ2n) is 9.62. The van der Waals surface area contributed by atoms with Gasteiger partial charge in [-0.3, -0.25) is 14.3 Å². The molecule has 3 rings (SSSR count). The normalized spacial score (nSPS) is 12.0. The molecule has 3 aromatic carbocycles. The summed E-state index contributed by atoms with van der Waals surface area (Å²) in [7, 11) is -3.91. The molecule has 9 nitrogen and oxygen atoms in total. The zero-order chi connectivity index (χ0) is 29.8. The second kappa shape index (κ2) is 15.2. The van der Waals surface area contributed by atoms with Crippen molar-refractivity contribution in [1.29, 1.82) is 0 Å². The zero-order valence-corrected chi connectivity index (χ0v) is 24.2. The predicted molar refractivity (Wildman–Crippen MR) is 154 cm³/mol. The van der Waals surface area contributed by atoms with Crippen LogP contribution in [0.3, 0.4) is 0 Å². The van der Waals surface area contributed by atoms with Crippen molar-refractivity contribution >= 4 is 27.5 Å².